The number of hydrogen-bond donors (Lipinski definition) is 1. The van der Waals surface area contributed by atoms with Gasteiger partial charge in [0.2, 0.25) is 10.0 Å². The lowest BCUT2D eigenvalue weighted by Crippen LogP contribution is -2.11. The SMILES string of the molecule is NS(=O)(=O)c1cn(Cc2cccc(Br)c2)c2ccccc12. The summed E-state index contributed by atoms with van der Waals surface area (Å²) in [7, 11) is -3.74. The van der Waals surface area contributed by atoms with Gasteiger partial charge in [-0.05, 0) is 23.8 Å². The molecule has 0 aliphatic heterocycles. The Balaban J connectivity index is 2.15. The van der Waals surface area contributed by atoms with Gasteiger partial charge in [-0.2, -0.15) is 0 Å². The summed E-state index contributed by atoms with van der Waals surface area (Å²) in [6, 6.07) is 15.3. The molecule has 4 nitrogen and oxygen atoms in total. The predicted molar refractivity (Wildman–Crippen MR) is 86.6 cm³/mol. The standard InChI is InChI=1S/C15H13BrN2O2S/c16-12-5-3-4-11(8-12)9-18-10-15(21(17,19)20)13-6-1-2-7-14(13)18/h1-8,10H,9H2,(H2,17,19,20). The molecular weight excluding hydrogens is 352 g/mol. The van der Waals surface area contributed by atoms with Crippen molar-refractivity contribution in [2.24, 2.45) is 5.14 Å². The van der Waals surface area contributed by atoms with Crippen LogP contribution in [0.5, 0.6) is 0 Å². The van der Waals surface area contributed by atoms with Crippen LogP contribution in [0.15, 0.2) is 64.1 Å². The van der Waals surface area contributed by atoms with Gasteiger partial charge in [0.1, 0.15) is 4.90 Å². The molecule has 0 amide bonds. The first kappa shape index (κ1) is 14.3. The molecule has 108 valence electrons. The van der Waals surface area contributed by atoms with Crippen LogP contribution in [0.4, 0.5) is 0 Å². The van der Waals surface area contributed by atoms with Crippen LogP contribution in [0.25, 0.3) is 10.9 Å². The number of nitrogens with two attached hydrogens (primary N) is 1. The van der Waals surface area contributed by atoms with E-state index in [4.69, 9.17) is 5.14 Å². The lowest BCUT2D eigenvalue weighted by Gasteiger charge is -2.05. The molecule has 3 rings (SSSR count). The van der Waals surface area contributed by atoms with Gasteiger partial charge in [0.15, 0.2) is 0 Å². The maximum atomic E-state index is 11.7. The van der Waals surface area contributed by atoms with Crippen LogP contribution in [-0.2, 0) is 16.6 Å². The fraction of sp³-hybridized carbons (Fsp3) is 0.0667. The fourth-order valence-corrected chi connectivity index (χ4v) is 3.60. The predicted octanol–water partition coefficient (Wildman–Crippen LogP) is 3.10. The Labute approximate surface area is 131 Å². The molecule has 0 unspecified atom stereocenters. The summed E-state index contributed by atoms with van der Waals surface area (Å²) in [5.41, 5.74) is 1.92. The largest absolute Gasteiger partial charge is 0.342 e. The zero-order valence-corrected chi connectivity index (χ0v) is 13.4. The van der Waals surface area contributed by atoms with E-state index in [-0.39, 0.29) is 4.90 Å². The highest BCUT2D eigenvalue weighted by Crippen LogP contribution is 2.25. The minimum atomic E-state index is -3.74. The van der Waals surface area contributed by atoms with Crippen molar-refractivity contribution in [3.8, 4) is 0 Å². The molecule has 0 aliphatic rings. The van der Waals surface area contributed by atoms with E-state index in [9.17, 15) is 8.42 Å². The Morgan fingerprint density at radius 2 is 1.86 bits per heavy atom. The summed E-state index contributed by atoms with van der Waals surface area (Å²) in [5, 5.41) is 5.95. The number of primary sulfonamides is 1. The second kappa shape index (κ2) is 5.29. The molecule has 0 atom stereocenters. The van der Waals surface area contributed by atoms with E-state index in [2.05, 4.69) is 15.9 Å². The summed E-state index contributed by atoms with van der Waals surface area (Å²) >= 11 is 3.44. The van der Waals surface area contributed by atoms with Gasteiger partial charge in [-0.25, -0.2) is 13.6 Å². The lowest BCUT2D eigenvalue weighted by molar-refractivity contribution is 0.598. The van der Waals surface area contributed by atoms with Crippen LogP contribution in [0.1, 0.15) is 5.56 Å². The van der Waals surface area contributed by atoms with Crippen LogP contribution in [0.3, 0.4) is 0 Å². The average molecular weight is 365 g/mol. The minimum absolute atomic E-state index is 0.160. The Hall–Kier alpha value is -1.63. The first-order valence-corrected chi connectivity index (χ1v) is 8.64. The van der Waals surface area contributed by atoms with Crippen molar-refractivity contribution in [3.63, 3.8) is 0 Å². The zero-order valence-electron chi connectivity index (χ0n) is 11.0. The van der Waals surface area contributed by atoms with Crippen LogP contribution in [-0.4, -0.2) is 13.0 Å². The van der Waals surface area contributed by atoms with Gasteiger partial charge in [0, 0.05) is 28.1 Å². The van der Waals surface area contributed by atoms with Crippen molar-refractivity contribution in [1.82, 2.24) is 4.57 Å². The van der Waals surface area contributed by atoms with Gasteiger partial charge in [0.25, 0.3) is 0 Å². The van der Waals surface area contributed by atoms with E-state index in [0.29, 0.717) is 11.9 Å². The second-order valence-electron chi connectivity index (χ2n) is 4.81. The Kier molecular flexibility index (Phi) is 3.61. The summed E-state index contributed by atoms with van der Waals surface area (Å²) in [6.45, 7) is 0.579. The molecule has 1 aromatic heterocycles. The Morgan fingerprint density at radius 1 is 1.10 bits per heavy atom. The number of hydrogen-bond acceptors (Lipinski definition) is 2. The molecule has 0 fully saturated rings. The van der Waals surface area contributed by atoms with Gasteiger partial charge >= 0.3 is 0 Å². The minimum Gasteiger partial charge on any atom is -0.342 e. The van der Waals surface area contributed by atoms with E-state index in [0.717, 1.165) is 15.6 Å². The quantitative estimate of drug-likeness (QED) is 0.775. The number of rotatable bonds is 3. The highest BCUT2D eigenvalue weighted by Gasteiger charge is 2.16. The van der Waals surface area contributed by atoms with Crippen molar-refractivity contribution < 1.29 is 8.42 Å². The number of fused-ring (bicyclic) bond motifs is 1. The van der Waals surface area contributed by atoms with Gasteiger partial charge < -0.3 is 4.57 Å². The van der Waals surface area contributed by atoms with Crippen LogP contribution in [0.2, 0.25) is 0 Å². The van der Waals surface area contributed by atoms with Crippen LogP contribution < -0.4 is 5.14 Å². The second-order valence-corrected chi connectivity index (χ2v) is 7.26. The first-order chi connectivity index (χ1) is 9.95. The number of sulfonamides is 1. The third kappa shape index (κ3) is 2.88. The van der Waals surface area contributed by atoms with Crippen molar-refractivity contribution in [1.29, 1.82) is 0 Å². The number of para-hydroxylation sites is 1. The number of nitrogens with zero attached hydrogens (tertiary/aromatic N) is 1. The van der Waals surface area contributed by atoms with Crippen molar-refractivity contribution in [2.75, 3.05) is 0 Å². The highest BCUT2D eigenvalue weighted by molar-refractivity contribution is 9.10. The van der Waals surface area contributed by atoms with Gasteiger partial charge in [0.05, 0.1) is 0 Å². The number of halogens is 1. The molecule has 0 bridgehead atoms. The third-order valence-electron chi connectivity index (χ3n) is 3.30. The highest BCUT2D eigenvalue weighted by atomic mass is 79.9. The van der Waals surface area contributed by atoms with Crippen LogP contribution in [0, 0.1) is 0 Å². The molecule has 0 saturated heterocycles. The van der Waals surface area contributed by atoms with Crippen molar-refractivity contribution in [3.05, 3.63) is 64.8 Å². The number of aromatic nitrogens is 1. The maximum absolute atomic E-state index is 11.7. The first-order valence-electron chi connectivity index (χ1n) is 6.30. The molecule has 0 saturated carbocycles. The summed E-state index contributed by atoms with van der Waals surface area (Å²) in [4.78, 5) is 0.160. The van der Waals surface area contributed by atoms with E-state index < -0.39 is 10.0 Å². The summed E-state index contributed by atoms with van der Waals surface area (Å²) in [6.07, 6.45) is 1.60. The Bertz CT molecular complexity index is 916. The normalized spacial score (nSPS) is 11.9. The molecule has 0 aliphatic carbocycles. The van der Waals surface area contributed by atoms with E-state index in [1.54, 1.807) is 18.3 Å². The third-order valence-corrected chi connectivity index (χ3v) is 4.73. The van der Waals surface area contributed by atoms with E-state index in [1.807, 2.05) is 41.0 Å². The molecular formula is C15H13BrN2O2S. The molecule has 0 radical (unpaired) electrons. The van der Waals surface area contributed by atoms with E-state index >= 15 is 0 Å². The fourth-order valence-electron chi connectivity index (χ4n) is 2.40. The zero-order chi connectivity index (χ0) is 15.0. The molecule has 21 heavy (non-hydrogen) atoms. The Morgan fingerprint density at radius 3 is 2.57 bits per heavy atom. The topological polar surface area (TPSA) is 65.1 Å². The average Bonchev–Trinajstić information content (AvgIpc) is 2.78. The number of benzene rings is 2. The summed E-state index contributed by atoms with van der Waals surface area (Å²) in [5.74, 6) is 0. The molecule has 3 aromatic rings. The van der Waals surface area contributed by atoms with Gasteiger partial charge in [-0.15, -0.1) is 0 Å². The van der Waals surface area contributed by atoms with Gasteiger partial charge in [-0.3, -0.25) is 0 Å². The smallest absolute Gasteiger partial charge is 0.240 e. The van der Waals surface area contributed by atoms with Crippen molar-refractivity contribution in [2.45, 2.75) is 11.4 Å². The molecule has 2 N–H and O–H groups in total. The van der Waals surface area contributed by atoms with Crippen molar-refractivity contribution >= 4 is 36.9 Å². The van der Waals surface area contributed by atoms with Gasteiger partial charge in [-0.1, -0.05) is 46.3 Å². The van der Waals surface area contributed by atoms with Crippen LogP contribution >= 0.6 is 15.9 Å². The maximum Gasteiger partial charge on any atom is 0.240 e. The lowest BCUT2D eigenvalue weighted by atomic mass is 10.2. The molecule has 1 heterocycles. The molecule has 6 heteroatoms. The molecule has 2 aromatic carbocycles. The molecule has 0 spiro atoms. The monoisotopic (exact) mass is 364 g/mol. The summed E-state index contributed by atoms with van der Waals surface area (Å²) < 4.78 is 26.3. The van der Waals surface area contributed by atoms with E-state index in [1.165, 1.54) is 0 Å².